The molecule has 2 aromatic carbocycles. The number of aromatic nitrogens is 1. The van der Waals surface area contributed by atoms with Crippen LogP contribution in [0.1, 0.15) is 0 Å². The van der Waals surface area contributed by atoms with Crippen molar-refractivity contribution in [1.82, 2.24) is 4.98 Å². The van der Waals surface area contributed by atoms with Crippen molar-refractivity contribution in [3.8, 4) is 11.6 Å². The van der Waals surface area contributed by atoms with Gasteiger partial charge in [0.25, 0.3) is 5.69 Å². The van der Waals surface area contributed by atoms with E-state index in [-0.39, 0.29) is 5.69 Å². The van der Waals surface area contributed by atoms with Crippen molar-refractivity contribution < 1.29 is 26.9 Å². The van der Waals surface area contributed by atoms with Gasteiger partial charge < -0.3 is 10.1 Å². The van der Waals surface area contributed by atoms with E-state index in [0.29, 0.717) is 23.4 Å². The van der Waals surface area contributed by atoms with E-state index in [2.05, 4.69) is 10.3 Å². The molecule has 1 heterocycles. The van der Waals surface area contributed by atoms with Crippen molar-refractivity contribution in [3.05, 3.63) is 77.0 Å². The number of pyridine rings is 1. The molecule has 0 aliphatic heterocycles. The minimum atomic E-state index is -4.96. The molecule has 0 aliphatic carbocycles. The fraction of sp³-hybridized carbons (Fsp3) is 0.0556. The smallest absolute Gasteiger partial charge is 0.341 e. The second-order valence-corrected chi connectivity index (χ2v) is 7.58. The minimum absolute atomic E-state index is 0.0711. The molecule has 3 aromatic rings. The Bertz CT molecular complexity index is 1140. The summed E-state index contributed by atoms with van der Waals surface area (Å²) in [7, 11) is -4.96. The summed E-state index contributed by atoms with van der Waals surface area (Å²) < 4.78 is 54.2. The first-order chi connectivity index (χ1) is 13.8. The van der Waals surface area contributed by atoms with Gasteiger partial charge in [0.15, 0.2) is 0 Å². The summed E-state index contributed by atoms with van der Waals surface area (Å²) in [5, 5.41) is 14.1. The lowest BCUT2D eigenvalue weighted by molar-refractivity contribution is -0.384. The summed E-state index contributed by atoms with van der Waals surface area (Å²) in [5.41, 5.74) is -0.341. The first kappa shape index (κ1) is 20.1. The quantitative estimate of drug-likeness (QED) is 0.441. The number of anilines is 2. The lowest BCUT2D eigenvalue weighted by atomic mass is 10.2. The van der Waals surface area contributed by atoms with Crippen molar-refractivity contribution in [2.24, 2.45) is 0 Å². The number of rotatable bonds is 7. The van der Waals surface area contributed by atoms with Crippen LogP contribution < -0.4 is 10.1 Å². The zero-order chi connectivity index (χ0) is 21.0. The van der Waals surface area contributed by atoms with Gasteiger partial charge >= 0.3 is 5.76 Å². The highest BCUT2D eigenvalue weighted by molar-refractivity contribution is 7.91. The molecule has 0 unspecified atom stereocenters. The monoisotopic (exact) mass is 421 g/mol. The largest absolute Gasteiger partial charge is 0.439 e. The third-order valence-corrected chi connectivity index (χ3v) is 5.08. The van der Waals surface area contributed by atoms with Crippen molar-refractivity contribution >= 4 is 26.9 Å². The molecule has 0 atom stereocenters. The summed E-state index contributed by atoms with van der Waals surface area (Å²) in [4.78, 5) is 13.6. The van der Waals surface area contributed by atoms with Crippen molar-refractivity contribution in [2.75, 3.05) is 5.32 Å². The number of alkyl halides is 2. The number of nitro groups is 1. The summed E-state index contributed by atoms with van der Waals surface area (Å²) in [6.07, 6.45) is 1.55. The molecular weight excluding hydrogens is 408 g/mol. The average molecular weight is 421 g/mol. The van der Waals surface area contributed by atoms with Gasteiger partial charge in [-0.2, -0.15) is 8.78 Å². The molecule has 29 heavy (non-hydrogen) atoms. The number of sulfone groups is 1. The van der Waals surface area contributed by atoms with Gasteiger partial charge in [0.2, 0.25) is 15.7 Å². The molecule has 0 aliphatic rings. The van der Waals surface area contributed by atoms with Crippen LogP contribution in [0, 0.1) is 10.1 Å². The number of hydrogen-bond donors (Lipinski definition) is 1. The number of nitrogens with one attached hydrogen (secondary N) is 1. The first-order valence-electron chi connectivity index (χ1n) is 8.04. The maximum absolute atomic E-state index is 12.7. The van der Waals surface area contributed by atoms with E-state index in [1.54, 1.807) is 48.7 Å². The molecule has 1 aromatic heterocycles. The zero-order valence-corrected chi connectivity index (χ0v) is 15.3. The molecule has 1 N–H and O–H groups in total. The predicted octanol–water partition coefficient (Wildman–Crippen LogP) is 4.52. The Morgan fingerprint density at radius 1 is 1.07 bits per heavy atom. The SMILES string of the molecule is O=[N+]([O-])c1cc(S(=O)(=O)C(F)F)ccc1Nc1cccc(Oc2ccccn2)c1. The van der Waals surface area contributed by atoms with E-state index in [4.69, 9.17) is 4.74 Å². The number of nitrogens with zero attached hydrogens (tertiary/aromatic N) is 2. The van der Waals surface area contributed by atoms with E-state index < -0.39 is 31.1 Å². The van der Waals surface area contributed by atoms with Crippen LogP contribution in [0.15, 0.2) is 71.8 Å². The summed E-state index contributed by atoms with van der Waals surface area (Å²) in [6.45, 7) is 0. The molecule has 0 spiro atoms. The van der Waals surface area contributed by atoms with Crippen LogP contribution in [0.4, 0.5) is 25.8 Å². The van der Waals surface area contributed by atoms with Crippen LogP contribution >= 0.6 is 0 Å². The van der Waals surface area contributed by atoms with E-state index in [0.717, 1.165) is 12.1 Å². The normalized spacial score (nSPS) is 11.3. The highest BCUT2D eigenvalue weighted by atomic mass is 32.2. The molecule has 8 nitrogen and oxygen atoms in total. The van der Waals surface area contributed by atoms with Crippen molar-refractivity contribution in [2.45, 2.75) is 10.7 Å². The second kappa shape index (κ2) is 8.19. The predicted molar refractivity (Wildman–Crippen MR) is 100 cm³/mol. The zero-order valence-electron chi connectivity index (χ0n) is 14.5. The molecule has 0 radical (unpaired) electrons. The average Bonchev–Trinajstić information content (AvgIpc) is 2.69. The third-order valence-electron chi connectivity index (χ3n) is 3.70. The van der Waals surface area contributed by atoms with Gasteiger partial charge in [0.05, 0.1) is 9.82 Å². The first-order valence-corrected chi connectivity index (χ1v) is 9.58. The Morgan fingerprint density at radius 2 is 1.86 bits per heavy atom. The van der Waals surface area contributed by atoms with Crippen LogP contribution in [0.3, 0.4) is 0 Å². The van der Waals surface area contributed by atoms with Crippen LogP contribution in [0.5, 0.6) is 11.6 Å². The molecule has 0 amide bonds. The Balaban J connectivity index is 1.90. The summed E-state index contributed by atoms with van der Waals surface area (Å²) >= 11 is 0. The highest BCUT2D eigenvalue weighted by Gasteiger charge is 2.29. The number of halogens is 2. The number of hydrogen-bond acceptors (Lipinski definition) is 7. The Labute approximate surface area is 163 Å². The fourth-order valence-electron chi connectivity index (χ4n) is 2.37. The fourth-order valence-corrected chi connectivity index (χ4v) is 3.11. The van der Waals surface area contributed by atoms with Crippen LogP contribution in [-0.2, 0) is 9.84 Å². The van der Waals surface area contributed by atoms with Gasteiger partial charge in [-0.3, -0.25) is 10.1 Å². The summed E-state index contributed by atoms with van der Waals surface area (Å²) in [5.74, 6) is -2.94. The maximum atomic E-state index is 12.7. The van der Waals surface area contributed by atoms with Gasteiger partial charge in [-0.25, -0.2) is 13.4 Å². The van der Waals surface area contributed by atoms with Crippen molar-refractivity contribution in [1.29, 1.82) is 0 Å². The lowest BCUT2D eigenvalue weighted by Crippen LogP contribution is -2.12. The highest BCUT2D eigenvalue weighted by Crippen LogP contribution is 2.33. The molecule has 0 saturated heterocycles. The Morgan fingerprint density at radius 3 is 2.52 bits per heavy atom. The van der Waals surface area contributed by atoms with E-state index >= 15 is 0 Å². The molecule has 0 bridgehead atoms. The van der Waals surface area contributed by atoms with E-state index in [9.17, 15) is 27.3 Å². The molecular formula is C18H13F2N3O5S. The van der Waals surface area contributed by atoms with Gasteiger partial charge in [-0.05, 0) is 30.3 Å². The van der Waals surface area contributed by atoms with Gasteiger partial charge in [-0.15, -0.1) is 0 Å². The van der Waals surface area contributed by atoms with Gasteiger partial charge in [0.1, 0.15) is 11.4 Å². The number of ether oxygens (including phenoxy) is 1. The maximum Gasteiger partial charge on any atom is 0.341 e. The molecule has 0 saturated carbocycles. The summed E-state index contributed by atoms with van der Waals surface area (Å²) in [6, 6.07) is 14.1. The molecule has 150 valence electrons. The second-order valence-electron chi connectivity index (χ2n) is 5.66. The molecule has 11 heteroatoms. The van der Waals surface area contributed by atoms with Gasteiger partial charge in [0, 0.05) is 30.1 Å². The lowest BCUT2D eigenvalue weighted by Gasteiger charge is -2.11. The van der Waals surface area contributed by atoms with Crippen molar-refractivity contribution in [3.63, 3.8) is 0 Å². The number of nitro benzene ring substituents is 1. The van der Waals surface area contributed by atoms with Crippen LogP contribution in [0.25, 0.3) is 0 Å². The Hall–Kier alpha value is -3.60. The topological polar surface area (TPSA) is 111 Å². The standard InChI is InChI=1S/C18H13F2N3O5S/c19-18(20)29(26,27)14-7-8-15(16(11-14)23(24)25)22-12-4-3-5-13(10-12)28-17-6-1-2-9-21-17/h1-11,18,22H. The van der Waals surface area contributed by atoms with E-state index in [1.807, 2.05) is 0 Å². The number of benzene rings is 2. The minimum Gasteiger partial charge on any atom is -0.439 e. The molecule has 0 fully saturated rings. The molecule has 3 rings (SSSR count). The Kier molecular flexibility index (Phi) is 5.69. The van der Waals surface area contributed by atoms with Gasteiger partial charge in [-0.1, -0.05) is 12.1 Å². The van der Waals surface area contributed by atoms with Crippen LogP contribution in [0.2, 0.25) is 0 Å². The third kappa shape index (κ3) is 4.63. The van der Waals surface area contributed by atoms with Crippen LogP contribution in [-0.4, -0.2) is 24.1 Å². The van der Waals surface area contributed by atoms with E-state index in [1.165, 1.54) is 0 Å².